The smallest absolute Gasteiger partial charge is 0.337 e. The van der Waals surface area contributed by atoms with Crippen molar-refractivity contribution >= 4 is 28.3 Å². The van der Waals surface area contributed by atoms with Gasteiger partial charge in [0, 0.05) is 11.1 Å². The van der Waals surface area contributed by atoms with Gasteiger partial charge in [0.25, 0.3) is 0 Å². The molecular formula is C13H11N3O2S. The van der Waals surface area contributed by atoms with E-state index in [-0.39, 0.29) is 5.56 Å². The van der Waals surface area contributed by atoms with Crippen molar-refractivity contribution in [2.45, 2.75) is 13.5 Å². The Balaban J connectivity index is 2.06. The molecule has 0 saturated heterocycles. The second kappa shape index (κ2) is 4.47. The van der Waals surface area contributed by atoms with Crippen molar-refractivity contribution in [3.8, 4) is 0 Å². The molecule has 19 heavy (non-hydrogen) atoms. The normalized spacial score (nSPS) is 11.0. The third kappa shape index (κ3) is 2.10. The van der Waals surface area contributed by atoms with Gasteiger partial charge in [-0.15, -0.1) is 11.3 Å². The van der Waals surface area contributed by atoms with Crippen molar-refractivity contribution in [3.63, 3.8) is 0 Å². The minimum atomic E-state index is -0.954. The second-order valence-corrected chi connectivity index (χ2v) is 5.52. The molecule has 0 atom stereocenters. The molecule has 3 rings (SSSR count). The Kier molecular flexibility index (Phi) is 2.79. The van der Waals surface area contributed by atoms with Gasteiger partial charge in [-0.2, -0.15) is 0 Å². The molecule has 0 saturated carbocycles. The molecule has 3 aromatic rings. The van der Waals surface area contributed by atoms with Gasteiger partial charge in [0.1, 0.15) is 5.52 Å². The van der Waals surface area contributed by atoms with E-state index in [4.69, 9.17) is 5.11 Å². The van der Waals surface area contributed by atoms with E-state index in [0.29, 0.717) is 12.1 Å². The molecule has 0 aliphatic rings. The fraction of sp³-hybridized carbons (Fsp3) is 0.154. The number of para-hydroxylation sites is 1. The summed E-state index contributed by atoms with van der Waals surface area (Å²) in [6, 6.07) is 5.18. The first-order chi connectivity index (χ1) is 9.15. The van der Waals surface area contributed by atoms with E-state index in [9.17, 15) is 4.79 Å². The van der Waals surface area contributed by atoms with Crippen LogP contribution in [0.25, 0.3) is 11.0 Å². The number of carbonyl (C=O) groups is 1. The molecule has 1 aromatic carbocycles. The van der Waals surface area contributed by atoms with Crippen molar-refractivity contribution in [2.24, 2.45) is 0 Å². The van der Waals surface area contributed by atoms with E-state index < -0.39 is 5.97 Å². The molecular weight excluding hydrogens is 262 g/mol. The summed E-state index contributed by atoms with van der Waals surface area (Å²) in [6.45, 7) is 2.62. The SMILES string of the molecule is Cc1ncc(Cn2cnc3c(C(=O)O)cccc32)s1. The minimum Gasteiger partial charge on any atom is -0.478 e. The molecule has 0 radical (unpaired) electrons. The second-order valence-electron chi connectivity index (χ2n) is 4.20. The number of hydrogen-bond acceptors (Lipinski definition) is 4. The molecule has 0 aliphatic carbocycles. The Morgan fingerprint density at radius 1 is 1.42 bits per heavy atom. The number of aromatic nitrogens is 3. The fourth-order valence-electron chi connectivity index (χ4n) is 2.03. The van der Waals surface area contributed by atoms with Crippen LogP contribution < -0.4 is 0 Å². The number of hydrogen-bond donors (Lipinski definition) is 1. The molecule has 2 heterocycles. The van der Waals surface area contributed by atoms with E-state index in [2.05, 4.69) is 9.97 Å². The largest absolute Gasteiger partial charge is 0.478 e. The Bertz CT molecular complexity index is 760. The number of imidazole rings is 1. The molecule has 0 fully saturated rings. The molecule has 0 spiro atoms. The van der Waals surface area contributed by atoms with Crippen molar-refractivity contribution in [2.75, 3.05) is 0 Å². The summed E-state index contributed by atoms with van der Waals surface area (Å²) in [7, 11) is 0. The van der Waals surface area contributed by atoms with Gasteiger partial charge in [-0.25, -0.2) is 14.8 Å². The van der Waals surface area contributed by atoms with Crippen molar-refractivity contribution in [3.05, 3.63) is 46.2 Å². The zero-order valence-electron chi connectivity index (χ0n) is 10.2. The fourth-order valence-corrected chi connectivity index (χ4v) is 2.83. The lowest BCUT2D eigenvalue weighted by atomic mass is 10.2. The van der Waals surface area contributed by atoms with Gasteiger partial charge in [-0.3, -0.25) is 0 Å². The first-order valence-electron chi connectivity index (χ1n) is 5.73. The topological polar surface area (TPSA) is 68.0 Å². The maximum Gasteiger partial charge on any atom is 0.337 e. The summed E-state index contributed by atoms with van der Waals surface area (Å²) < 4.78 is 1.94. The van der Waals surface area contributed by atoms with Crippen LogP contribution in [0, 0.1) is 6.92 Å². The number of fused-ring (bicyclic) bond motifs is 1. The highest BCUT2D eigenvalue weighted by atomic mass is 32.1. The standard InChI is InChI=1S/C13H11N3O2S/c1-8-14-5-9(19-8)6-16-7-15-12-10(13(17)18)3-2-4-11(12)16/h2-5,7H,6H2,1H3,(H,17,18). The Morgan fingerprint density at radius 2 is 2.26 bits per heavy atom. The van der Waals surface area contributed by atoms with Crippen LogP contribution in [-0.4, -0.2) is 25.6 Å². The molecule has 0 bridgehead atoms. The van der Waals surface area contributed by atoms with Gasteiger partial charge in [-0.05, 0) is 19.1 Å². The number of aromatic carboxylic acids is 1. The average molecular weight is 273 g/mol. The van der Waals surface area contributed by atoms with Crippen LogP contribution in [0.15, 0.2) is 30.7 Å². The molecule has 6 heteroatoms. The van der Waals surface area contributed by atoms with Crippen LogP contribution in [0.1, 0.15) is 20.2 Å². The lowest BCUT2D eigenvalue weighted by molar-refractivity contribution is 0.0699. The van der Waals surface area contributed by atoms with Gasteiger partial charge >= 0.3 is 5.97 Å². The van der Waals surface area contributed by atoms with Crippen LogP contribution in [0.4, 0.5) is 0 Å². The first kappa shape index (κ1) is 11.9. The number of carboxylic acids is 1. The molecule has 96 valence electrons. The molecule has 0 amide bonds. The highest BCUT2D eigenvalue weighted by Gasteiger charge is 2.12. The van der Waals surface area contributed by atoms with Crippen LogP contribution in [0.5, 0.6) is 0 Å². The van der Waals surface area contributed by atoms with Gasteiger partial charge in [0.05, 0.1) is 29.0 Å². The first-order valence-corrected chi connectivity index (χ1v) is 6.55. The van der Waals surface area contributed by atoms with Crippen molar-refractivity contribution < 1.29 is 9.90 Å². The van der Waals surface area contributed by atoms with Gasteiger partial charge in [0.15, 0.2) is 0 Å². The highest BCUT2D eigenvalue weighted by Crippen LogP contribution is 2.20. The number of carboxylic acid groups (broad SMARTS) is 1. The third-order valence-corrected chi connectivity index (χ3v) is 3.77. The number of nitrogens with zero attached hydrogens (tertiary/aromatic N) is 3. The number of rotatable bonds is 3. The average Bonchev–Trinajstić information content (AvgIpc) is 2.97. The summed E-state index contributed by atoms with van der Waals surface area (Å²) in [5.74, 6) is -0.954. The number of thiazole rings is 1. The summed E-state index contributed by atoms with van der Waals surface area (Å²) >= 11 is 1.63. The summed E-state index contributed by atoms with van der Waals surface area (Å²) in [5, 5.41) is 10.1. The molecule has 0 unspecified atom stereocenters. The van der Waals surface area contributed by atoms with Crippen LogP contribution >= 0.6 is 11.3 Å². The van der Waals surface area contributed by atoms with Crippen LogP contribution in [0.2, 0.25) is 0 Å². The van der Waals surface area contributed by atoms with Crippen LogP contribution in [0.3, 0.4) is 0 Å². The summed E-state index contributed by atoms with van der Waals surface area (Å²) in [6.07, 6.45) is 3.51. The number of benzene rings is 1. The maximum atomic E-state index is 11.1. The molecule has 0 aliphatic heterocycles. The third-order valence-electron chi connectivity index (χ3n) is 2.88. The summed E-state index contributed by atoms with van der Waals surface area (Å²) in [4.78, 5) is 20.7. The Labute approximate surface area is 113 Å². The summed E-state index contributed by atoms with van der Waals surface area (Å²) in [5.41, 5.74) is 1.58. The van der Waals surface area contributed by atoms with Gasteiger partial charge < -0.3 is 9.67 Å². The highest BCUT2D eigenvalue weighted by molar-refractivity contribution is 7.11. The monoisotopic (exact) mass is 273 g/mol. The molecule has 2 aromatic heterocycles. The lowest BCUT2D eigenvalue weighted by Crippen LogP contribution is -1.99. The predicted octanol–water partition coefficient (Wildman–Crippen LogP) is 2.55. The van der Waals surface area contributed by atoms with Crippen molar-refractivity contribution in [1.82, 2.24) is 14.5 Å². The zero-order valence-corrected chi connectivity index (χ0v) is 11.0. The van der Waals surface area contributed by atoms with E-state index >= 15 is 0 Å². The van der Waals surface area contributed by atoms with E-state index in [1.807, 2.05) is 23.8 Å². The number of aryl methyl sites for hydroxylation is 1. The quantitative estimate of drug-likeness (QED) is 0.796. The van der Waals surface area contributed by atoms with Crippen LogP contribution in [-0.2, 0) is 6.54 Å². The molecule has 5 nitrogen and oxygen atoms in total. The maximum absolute atomic E-state index is 11.1. The zero-order chi connectivity index (χ0) is 13.4. The van der Waals surface area contributed by atoms with Gasteiger partial charge in [-0.1, -0.05) is 6.07 Å². The molecule has 1 N–H and O–H groups in total. The Hall–Kier alpha value is -2.21. The van der Waals surface area contributed by atoms with E-state index in [0.717, 1.165) is 15.4 Å². The van der Waals surface area contributed by atoms with Gasteiger partial charge in [0.2, 0.25) is 0 Å². The Morgan fingerprint density at radius 3 is 2.95 bits per heavy atom. The van der Waals surface area contributed by atoms with E-state index in [1.165, 1.54) is 0 Å². The lowest BCUT2D eigenvalue weighted by Gasteiger charge is -2.02. The van der Waals surface area contributed by atoms with E-state index in [1.54, 1.807) is 29.8 Å². The van der Waals surface area contributed by atoms with Crippen molar-refractivity contribution in [1.29, 1.82) is 0 Å². The predicted molar refractivity (Wildman–Crippen MR) is 72.6 cm³/mol. The minimum absolute atomic E-state index is 0.233.